The smallest absolute Gasteiger partial charge is 0.306 e. The van der Waals surface area contributed by atoms with Crippen LogP contribution in [0.4, 0.5) is 0 Å². The lowest BCUT2D eigenvalue weighted by molar-refractivity contribution is -0.142. The fourth-order valence-electron chi connectivity index (χ4n) is 2.62. The second-order valence-corrected chi connectivity index (χ2v) is 5.33. The van der Waals surface area contributed by atoms with Crippen molar-refractivity contribution in [1.29, 1.82) is 0 Å². The molecule has 0 radical (unpaired) electrons. The maximum absolute atomic E-state index is 12.5. The van der Waals surface area contributed by atoms with Crippen LogP contribution in [0.3, 0.4) is 0 Å². The van der Waals surface area contributed by atoms with E-state index in [1.54, 1.807) is 7.11 Å². The van der Waals surface area contributed by atoms with Crippen LogP contribution >= 0.6 is 0 Å². The molecule has 1 amide bonds. The minimum Gasteiger partial charge on any atom is -0.481 e. The highest BCUT2D eigenvalue weighted by molar-refractivity contribution is 5.81. The van der Waals surface area contributed by atoms with Crippen LogP contribution < -0.4 is 0 Å². The average Bonchev–Trinajstić information content (AvgIpc) is 2.88. The Morgan fingerprint density at radius 3 is 2.47 bits per heavy atom. The van der Waals surface area contributed by atoms with E-state index in [2.05, 4.69) is 0 Å². The summed E-state index contributed by atoms with van der Waals surface area (Å²) in [6.45, 7) is 5.17. The summed E-state index contributed by atoms with van der Waals surface area (Å²) >= 11 is 0. The van der Waals surface area contributed by atoms with Crippen LogP contribution in [0.1, 0.15) is 39.5 Å². The van der Waals surface area contributed by atoms with E-state index in [1.807, 2.05) is 18.7 Å². The van der Waals surface area contributed by atoms with Crippen LogP contribution in [0, 0.1) is 11.8 Å². The van der Waals surface area contributed by atoms with Gasteiger partial charge < -0.3 is 14.7 Å². The first-order chi connectivity index (χ1) is 9.01. The number of carbonyl (C=O) groups is 2. The van der Waals surface area contributed by atoms with Crippen molar-refractivity contribution >= 4 is 11.9 Å². The minimum atomic E-state index is -0.776. The fourth-order valence-corrected chi connectivity index (χ4v) is 2.62. The summed E-state index contributed by atoms with van der Waals surface area (Å²) in [6, 6.07) is 0.173. The van der Waals surface area contributed by atoms with Crippen molar-refractivity contribution in [2.45, 2.75) is 45.6 Å². The van der Waals surface area contributed by atoms with E-state index in [4.69, 9.17) is 9.84 Å². The molecule has 0 saturated heterocycles. The summed E-state index contributed by atoms with van der Waals surface area (Å²) in [6.07, 6.45) is 2.68. The molecule has 1 N–H and O–H groups in total. The lowest BCUT2D eigenvalue weighted by atomic mass is 10.0. The summed E-state index contributed by atoms with van der Waals surface area (Å²) in [7, 11) is 1.62. The third-order valence-electron chi connectivity index (χ3n) is 4.07. The average molecular weight is 271 g/mol. The van der Waals surface area contributed by atoms with Crippen LogP contribution in [-0.4, -0.2) is 48.2 Å². The molecule has 1 saturated carbocycles. The molecule has 5 heteroatoms. The Morgan fingerprint density at radius 2 is 2.00 bits per heavy atom. The van der Waals surface area contributed by atoms with Gasteiger partial charge in [-0.3, -0.25) is 9.59 Å². The molecule has 0 aromatic carbocycles. The highest BCUT2D eigenvalue weighted by Gasteiger charge is 2.36. The van der Waals surface area contributed by atoms with Crippen molar-refractivity contribution in [2.75, 3.05) is 20.3 Å². The molecular formula is C14H25NO4. The molecule has 110 valence electrons. The zero-order valence-electron chi connectivity index (χ0n) is 12.1. The summed E-state index contributed by atoms with van der Waals surface area (Å²) in [5.41, 5.74) is 0. The van der Waals surface area contributed by atoms with Gasteiger partial charge in [0, 0.05) is 25.6 Å². The number of hydrogen-bond donors (Lipinski definition) is 1. The topological polar surface area (TPSA) is 66.8 Å². The maximum atomic E-state index is 12.5. The van der Waals surface area contributed by atoms with Gasteiger partial charge in [0.25, 0.3) is 0 Å². The first kappa shape index (κ1) is 16.0. The number of amides is 1. The predicted octanol–water partition coefficient (Wildman–Crippen LogP) is 1.76. The van der Waals surface area contributed by atoms with E-state index < -0.39 is 5.97 Å². The van der Waals surface area contributed by atoms with Crippen molar-refractivity contribution in [1.82, 2.24) is 4.90 Å². The van der Waals surface area contributed by atoms with Gasteiger partial charge in [-0.05, 0) is 32.6 Å². The number of carboxylic acids is 1. The van der Waals surface area contributed by atoms with Gasteiger partial charge in [0.1, 0.15) is 0 Å². The monoisotopic (exact) mass is 271 g/mol. The lowest BCUT2D eigenvalue weighted by Crippen LogP contribution is -2.43. The van der Waals surface area contributed by atoms with Gasteiger partial charge in [0.15, 0.2) is 0 Å². The van der Waals surface area contributed by atoms with Gasteiger partial charge in [0.05, 0.1) is 12.5 Å². The number of carboxylic acid groups (broad SMARTS) is 1. The Hall–Kier alpha value is -1.10. The molecule has 0 aromatic heterocycles. The zero-order chi connectivity index (χ0) is 14.4. The standard InChI is InChI=1S/C14H25NO4/c1-4-10(2)15(7-8-19-3)13(16)11-5-6-12(9-11)14(17)18/h10-12H,4-9H2,1-3H3,(H,17,18)/t10?,11-,12+/m1/s1. The van der Waals surface area contributed by atoms with E-state index >= 15 is 0 Å². The molecule has 1 rings (SSSR count). The number of rotatable bonds is 7. The van der Waals surface area contributed by atoms with Crippen LogP contribution in [0.15, 0.2) is 0 Å². The molecule has 3 atom stereocenters. The number of carbonyl (C=O) groups excluding carboxylic acids is 1. The van der Waals surface area contributed by atoms with Crippen molar-refractivity contribution in [2.24, 2.45) is 11.8 Å². The molecular weight excluding hydrogens is 246 g/mol. The summed E-state index contributed by atoms with van der Waals surface area (Å²) < 4.78 is 5.05. The van der Waals surface area contributed by atoms with E-state index in [1.165, 1.54) is 0 Å². The number of hydrogen-bond acceptors (Lipinski definition) is 3. The first-order valence-corrected chi connectivity index (χ1v) is 7.03. The van der Waals surface area contributed by atoms with E-state index in [0.29, 0.717) is 32.4 Å². The van der Waals surface area contributed by atoms with Gasteiger partial charge in [-0.25, -0.2) is 0 Å². The number of nitrogens with zero attached hydrogens (tertiary/aromatic N) is 1. The Kier molecular flexibility index (Phi) is 6.28. The summed E-state index contributed by atoms with van der Waals surface area (Å²) in [4.78, 5) is 25.3. The molecule has 1 aliphatic rings. The number of methoxy groups -OCH3 is 1. The van der Waals surface area contributed by atoms with Crippen molar-refractivity contribution in [3.63, 3.8) is 0 Å². The Bertz CT molecular complexity index is 319. The second-order valence-electron chi connectivity index (χ2n) is 5.33. The minimum absolute atomic E-state index is 0.0927. The van der Waals surface area contributed by atoms with Gasteiger partial charge in [0.2, 0.25) is 5.91 Å². The highest BCUT2D eigenvalue weighted by Crippen LogP contribution is 2.32. The van der Waals surface area contributed by atoms with Gasteiger partial charge >= 0.3 is 5.97 Å². The third kappa shape index (κ3) is 4.20. The van der Waals surface area contributed by atoms with E-state index in [9.17, 15) is 9.59 Å². The molecule has 0 aliphatic heterocycles. The highest BCUT2D eigenvalue weighted by atomic mass is 16.5. The van der Waals surface area contributed by atoms with Crippen molar-refractivity contribution < 1.29 is 19.4 Å². The number of ether oxygens (including phenoxy) is 1. The molecule has 19 heavy (non-hydrogen) atoms. The fraction of sp³-hybridized carbons (Fsp3) is 0.857. The molecule has 1 unspecified atom stereocenters. The molecule has 0 aromatic rings. The van der Waals surface area contributed by atoms with Gasteiger partial charge in [-0.2, -0.15) is 0 Å². The number of aliphatic carboxylic acids is 1. The first-order valence-electron chi connectivity index (χ1n) is 7.03. The van der Waals surface area contributed by atoms with Gasteiger partial charge in [-0.15, -0.1) is 0 Å². The molecule has 0 heterocycles. The van der Waals surface area contributed by atoms with Crippen LogP contribution in [0.5, 0.6) is 0 Å². The normalized spacial score (nSPS) is 24.2. The Morgan fingerprint density at radius 1 is 1.37 bits per heavy atom. The van der Waals surface area contributed by atoms with Crippen LogP contribution in [0.25, 0.3) is 0 Å². The lowest BCUT2D eigenvalue weighted by Gasteiger charge is -2.30. The van der Waals surface area contributed by atoms with E-state index in [-0.39, 0.29) is 23.8 Å². The van der Waals surface area contributed by atoms with Crippen LogP contribution in [0.2, 0.25) is 0 Å². The molecule has 5 nitrogen and oxygen atoms in total. The molecule has 0 spiro atoms. The summed E-state index contributed by atoms with van der Waals surface area (Å²) in [5, 5.41) is 9.00. The zero-order valence-corrected chi connectivity index (χ0v) is 12.1. The molecule has 1 fully saturated rings. The van der Waals surface area contributed by atoms with Gasteiger partial charge in [-0.1, -0.05) is 6.92 Å². The second kappa shape index (κ2) is 7.48. The Labute approximate surface area is 114 Å². The quantitative estimate of drug-likeness (QED) is 0.766. The molecule has 0 bridgehead atoms. The SMILES string of the molecule is CCC(C)N(CCOC)C(=O)[C@@H]1CC[C@H](C(=O)O)C1. The molecule has 1 aliphatic carbocycles. The largest absolute Gasteiger partial charge is 0.481 e. The van der Waals surface area contributed by atoms with Crippen molar-refractivity contribution in [3.8, 4) is 0 Å². The van der Waals surface area contributed by atoms with Crippen molar-refractivity contribution in [3.05, 3.63) is 0 Å². The Balaban J connectivity index is 2.63. The maximum Gasteiger partial charge on any atom is 0.306 e. The van der Waals surface area contributed by atoms with Crippen LogP contribution in [-0.2, 0) is 14.3 Å². The third-order valence-corrected chi connectivity index (χ3v) is 4.07. The summed E-state index contributed by atoms with van der Waals surface area (Å²) in [5.74, 6) is -1.17. The van der Waals surface area contributed by atoms with E-state index in [0.717, 1.165) is 6.42 Å². The predicted molar refractivity (Wildman–Crippen MR) is 71.8 cm³/mol.